The van der Waals surface area contributed by atoms with Crippen molar-refractivity contribution in [3.05, 3.63) is 58.9 Å². The van der Waals surface area contributed by atoms with Crippen molar-refractivity contribution in [1.82, 2.24) is 0 Å². The summed E-state index contributed by atoms with van der Waals surface area (Å²) in [4.78, 5) is 12.4. The molecule has 0 saturated heterocycles. The Morgan fingerprint density at radius 1 is 1.09 bits per heavy atom. The second-order valence-electron chi connectivity index (χ2n) is 5.19. The van der Waals surface area contributed by atoms with E-state index in [1.807, 2.05) is 0 Å². The molecule has 0 radical (unpaired) electrons. The molecular weight excluding hydrogens is 305 g/mol. The number of hydrogen-bond donors (Lipinski definition) is 1. The summed E-state index contributed by atoms with van der Waals surface area (Å²) in [5.74, 6) is -1.09. The third-order valence-corrected chi connectivity index (χ3v) is 4.36. The van der Waals surface area contributed by atoms with Crippen molar-refractivity contribution in [2.75, 3.05) is 11.6 Å². The van der Waals surface area contributed by atoms with Crippen LogP contribution >= 0.6 is 0 Å². The molecular formula is C16H16FNO3S. The second kappa shape index (κ2) is 5.88. The summed E-state index contributed by atoms with van der Waals surface area (Å²) in [6.45, 7) is 3.47. The molecule has 2 aromatic carbocycles. The predicted molar refractivity (Wildman–Crippen MR) is 83.4 cm³/mol. The maximum atomic E-state index is 13.7. The Morgan fingerprint density at radius 3 is 2.41 bits per heavy atom. The molecule has 0 unspecified atom stereocenters. The zero-order chi connectivity index (χ0) is 16.5. The first-order valence-corrected chi connectivity index (χ1v) is 8.46. The SMILES string of the molecule is Cc1ccc(F)c(NC(=O)c2cc(S(C)(=O)=O)ccc2C)c1. The van der Waals surface area contributed by atoms with Crippen LogP contribution in [0.15, 0.2) is 41.3 Å². The van der Waals surface area contributed by atoms with Gasteiger partial charge in [-0.05, 0) is 49.2 Å². The maximum absolute atomic E-state index is 13.7. The Kier molecular flexibility index (Phi) is 4.32. The summed E-state index contributed by atoms with van der Waals surface area (Å²) >= 11 is 0. The highest BCUT2D eigenvalue weighted by Gasteiger charge is 2.15. The number of amides is 1. The van der Waals surface area contributed by atoms with Crippen LogP contribution in [0.2, 0.25) is 0 Å². The molecule has 0 heterocycles. The van der Waals surface area contributed by atoms with E-state index in [4.69, 9.17) is 0 Å². The van der Waals surface area contributed by atoms with Gasteiger partial charge in [-0.15, -0.1) is 0 Å². The van der Waals surface area contributed by atoms with Gasteiger partial charge in [0.2, 0.25) is 0 Å². The van der Waals surface area contributed by atoms with Crippen molar-refractivity contribution >= 4 is 21.4 Å². The molecule has 0 bridgehead atoms. The van der Waals surface area contributed by atoms with Crippen LogP contribution in [0.3, 0.4) is 0 Å². The van der Waals surface area contributed by atoms with E-state index >= 15 is 0 Å². The van der Waals surface area contributed by atoms with E-state index in [2.05, 4.69) is 5.32 Å². The van der Waals surface area contributed by atoms with Gasteiger partial charge in [-0.25, -0.2) is 12.8 Å². The number of nitrogens with one attached hydrogen (secondary N) is 1. The molecule has 0 aliphatic heterocycles. The Bertz CT molecular complexity index is 844. The third-order valence-electron chi connectivity index (χ3n) is 3.25. The lowest BCUT2D eigenvalue weighted by Crippen LogP contribution is -2.15. The lowest BCUT2D eigenvalue weighted by molar-refractivity contribution is 0.102. The normalized spacial score (nSPS) is 11.3. The van der Waals surface area contributed by atoms with E-state index in [1.54, 1.807) is 26.0 Å². The van der Waals surface area contributed by atoms with E-state index in [-0.39, 0.29) is 16.1 Å². The number of rotatable bonds is 3. The molecule has 0 spiro atoms. The molecule has 6 heteroatoms. The van der Waals surface area contributed by atoms with Crippen molar-refractivity contribution in [2.24, 2.45) is 0 Å². The summed E-state index contributed by atoms with van der Waals surface area (Å²) < 4.78 is 36.9. The Labute approximate surface area is 128 Å². The molecule has 1 N–H and O–H groups in total. The van der Waals surface area contributed by atoms with E-state index in [0.29, 0.717) is 5.56 Å². The Hall–Kier alpha value is -2.21. The van der Waals surface area contributed by atoms with Crippen LogP contribution in [0.1, 0.15) is 21.5 Å². The highest BCUT2D eigenvalue weighted by molar-refractivity contribution is 7.90. The summed E-state index contributed by atoms with van der Waals surface area (Å²) in [6.07, 6.45) is 1.07. The van der Waals surface area contributed by atoms with Crippen molar-refractivity contribution in [2.45, 2.75) is 18.7 Å². The largest absolute Gasteiger partial charge is 0.319 e. The van der Waals surface area contributed by atoms with Crippen LogP contribution in [0.5, 0.6) is 0 Å². The van der Waals surface area contributed by atoms with E-state index in [1.165, 1.54) is 24.3 Å². The molecule has 22 heavy (non-hydrogen) atoms. The first-order chi connectivity index (χ1) is 10.2. The molecule has 116 valence electrons. The van der Waals surface area contributed by atoms with Crippen LogP contribution in [0.4, 0.5) is 10.1 Å². The number of anilines is 1. The molecule has 0 atom stereocenters. The van der Waals surface area contributed by atoms with Gasteiger partial charge in [0, 0.05) is 11.8 Å². The van der Waals surface area contributed by atoms with E-state index < -0.39 is 21.6 Å². The number of benzene rings is 2. The molecule has 0 aromatic heterocycles. The quantitative estimate of drug-likeness (QED) is 0.945. The average molecular weight is 321 g/mol. The number of aryl methyl sites for hydroxylation is 2. The lowest BCUT2D eigenvalue weighted by Gasteiger charge is -2.10. The van der Waals surface area contributed by atoms with Gasteiger partial charge in [0.1, 0.15) is 5.82 Å². The summed E-state index contributed by atoms with van der Waals surface area (Å²) in [6, 6.07) is 8.68. The topological polar surface area (TPSA) is 63.2 Å². The lowest BCUT2D eigenvalue weighted by atomic mass is 10.1. The molecule has 2 rings (SSSR count). The fourth-order valence-corrected chi connectivity index (χ4v) is 2.65. The van der Waals surface area contributed by atoms with Gasteiger partial charge in [-0.1, -0.05) is 12.1 Å². The first-order valence-electron chi connectivity index (χ1n) is 6.56. The second-order valence-corrected chi connectivity index (χ2v) is 7.20. The number of halogens is 1. The predicted octanol–water partition coefficient (Wildman–Crippen LogP) is 3.10. The Morgan fingerprint density at radius 2 is 1.77 bits per heavy atom. The zero-order valence-electron chi connectivity index (χ0n) is 12.5. The number of sulfone groups is 1. The molecule has 0 aliphatic rings. The number of hydrogen-bond acceptors (Lipinski definition) is 3. The van der Waals surface area contributed by atoms with Crippen LogP contribution in [0, 0.1) is 19.7 Å². The molecule has 4 nitrogen and oxygen atoms in total. The van der Waals surface area contributed by atoms with Crippen molar-refractivity contribution in [3.63, 3.8) is 0 Å². The van der Waals surface area contributed by atoms with E-state index in [9.17, 15) is 17.6 Å². The first kappa shape index (κ1) is 16.2. The summed E-state index contributed by atoms with van der Waals surface area (Å²) in [5.41, 5.74) is 1.68. The highest BCUT2D eigenvalue weighted by atomic mass is 32.2. The van der Waals surface area contributed by atoms with Gasteiger partial charge < -0.3 is 5.32 Å². The van der Waals surface area contributed by atoms with Crippen LogP contribution < -0.4 is 5.32 Å². The smallest absolute Gasteiger partial charge is 0.256 e. The molecule has 0 fully saturated rings. The average Bonchev–Trinajstić information content (AvgIpc) is 2.42. The summed E-state index contributed by atoms with van der Waals surface area (Å²) in [7, 11) is -3.42. The fraction of sp³-hybridized carbons (Fsp3) is 0.188. The third kappa shape index (κ3) is 3.51. The highest BCUT2D eigenvalue weighted by Crippen LogP contribution is 2.20. The van der Waals surface area contributed by atoms with Crippen LogP contribution in [0.25, 0.3) is 0 Å². The van der Waals surface area contributed by atoms with Gasteiger partial charge in [0.25, 0.3) is 5.91 Å². The van der Waals surface area contributed by atoms with Gasteiger partial charge in [-0.2, -0.15) is 0 Å². The molecule has 1 amide bonds. The fourth-order valence-electron chi connectivity index (χ4n) is 2.00. The number of carbonyl (C=O) groups is 1. The van der Waals surface area contributed by atoms with Crippen LogP contribution in [-0.4, -0.2) is 20.6 Å². The standard InChI is InChI=1S/C16H16FNO3S/c1-10-4-7-14(17)15(8-10)18-16(19)13-9-12(22(3,20)21)6-5-11(13)2/h4-9H,1-3H3,(H,18,19). The number of carbonyl (C=O) groups excluding carboxylic acids is 1. The van der Waals surface area contributed by atoms with Crippen molar-refractivity contribution in [1.29, 1.82) is 0 Å². The minimum atomic E-state index is -3.42. The maximum Gasteiger partial charge on any atom is 0.256 e. The van der Waals surface area contributed by atoms with Crippen molar-refractivity contribution in [3.8, 4) is 0 Å². The monoisotopic (exact) mass is 321 g/mol. The molecule has 0 aliphatic carbocycles. The minimum absolute atomic E-state index is 0.0490. The van der Waals surface area contributed by atoms with E-state index in [0.717, 1.165) is 11.8 Å². The summed E-state index contributed by atoms with van der Waals surface area (Å²) in [5, 5.41) is 2.48. The van der Waals surface area contributed by atoms with Crippen molar-refractivity contribution < 1.29 is 17.6 Å². The zero-order valence-corrected chi connectivity index (χ0v) is 13.3. The molecule has 0 saturated carbocycles. The van der Waals surface area contributed by atoms with Gasteiger partial charge in [0.15, 0.2) is 9.84 Å². The van der Waals surface area contributed by atoms with Gasteiger partial charge >= 0.3 is 0 Å². The molecule has 2 aromatic rings. The van der Waals surface area contributed by atoms with Crippen LogP contribution in [-0.2, 0) is 9.84 Å². The van der Waals surface area contributed by atoms with Gasteiger partial charge in [0.05, 0.1) is 10.6 Å². The Balaban J connectivity index is 2.39. The minimum Gasteiger partial charge on any atom is -0.319 e. The van der Waals surface area contributed by atoms with Gasteiger partial charge in [-0.3, -0.25) is 4.79 Å².